The molecule has 9 nitrogen and oxygen atoms in total. The van der Waals surface area contributed by atoms with E-state index in [1.54, 1.807) is 4.90 Å². The number of fused-ring (bicyclic) bond motifs is 1. The summed E-state index contributed by atoms with van der Waals surface area (Å²) >= 11 is 0. The van der Waals surface area contributed by atoms with Crippen LogP contribution in [0.1, 0.15) is 21.7 Å². The van der Waals surface area contributed by atoms with Crippen LogP contribution in [0.25, 0.3) is 5.69 Å². The van der Waals surface area contributed by atoms with Crippen molar-refractivity contribution in [3.05, 3.63) is 59.7 Å². The Kier molecular flexibility index (Phi) is 4.21. The summed E-state index contributed by atoms with van der Waals surface area (Å²) in [7, 11) is 0. The largest absolute Gasteiger partial charge is 0.378 e. The molecule has 1 saturated heterocycles. The SMILES string of the molecule is O=C(c1cnn(-c2ccccc2)n1)N1Cc2cnc(N3CCOCC3)nc2C1. The maximum Gasteiger partial charge on any atom is 0.276 e. The van der Waals surface area contributed by atoms with Gasteiger partial charge in [-0.15, -0.1) is 5.10 Å². The van der Waals surface area contributed by atoms with E-state index in [4.69, 9.17) is 4.74 Å². The number of aromatic nitrogens is 5. The molecule has 0 radical (unpaired) electrons. The number of amides is 1. The first-order chi connectivity index (χ1) is 13.8. The van der Waals surface area contributed by atoms with Gasteiger partial charge in [-0.1, -0.05) is 18.2 Å². The van der Waals surface area contributed by atoms with Crippen LogP contribution < -0.4 is 4.90 Å². The summed E-state index contributed by atoms with van der Waals surface area (Å²) in [5.74, 6) is 0.541. The Hall–Kier alpha value is -3.33. The molecule has 1 aromatic carbocycles. The molecule has 0 unspecified atom stereocenters. The van der Waals surface area contributed by atoms with E-state index in [0.717, 1.165) is 30.0 Å². The number of benzene rings is 1. The highest BCUT2D eigenvalue weighted by molar-refractivity contribution is 5.92. The van der Waals surface area contributed by atoms with Crippen LogP contribution in [0.5, 0.6) is 0 Å². The van der Waals surface area contributed by atoms with Crippen molar-refractivity contribution in [3.63, 3.8) is 0 Å². The Balaban J connectivity index is 1.32. The van der Waals surface area contributed by atoms with Gasteiger partial charge in [0.2, 0.25) is 5.95 Å². The fourth-order valence-electron chi connectivity index (χ4n) is 3.41. The Morgan fingerprint density at radius 1 is 1.04 bits per heavy atom. The molecule has 4 heterocycles. The Bertz CT molecular complexity index is 999. The average molecular weight is 377 g/mol. The first-order valence-electron chi connectivity index (χ1n) is 9.22. The van der Waals surface area contributed by atoms with Crippen molar-refractivity contribution >= 4 is 11.9 Å². The maximum absolute atomic E-state index is 12.9. The van der Waals surface area contributed by atoms with E-state index in [-0.39, 0.29) is 5.91 Å². The number of ether oxygens (including phenoxy) is 1. The normalized spacial score (nSPS) is 16.3. The molecule has 0 aliphatic carbocycles. The van der Waals surface area contributed by atoms with Crippen molar-refractivity contribution in [2.75, 3.05) is 31.2 Å². The molecule has 0 N–H and O–H groups in total. The minimum Gasteiger partial charge on any atom is -0.378 e. The number of carbonyl (C=O) groups is 1. The van der Waals surface area contributed by atoms with Gasteiger partial charge in [0.25, 0.3) is 5.91 Å². The monoisotopic (exact) mass is 377 g/mol. The first-order valence-corrected chi connectivity index (χ1v) is 9.22. The molecule has 0 saturated carbocycles. The lowest BCUT2D eigenvalue weighted by atomic mass is 10.3. The molecule has 0 bridgehead atoms. The Morgan fingerprint density at radius 3 is 2.68 bits per heavy atom. The molecule has 9 heteroatoms. The molecule has 2 aliphatic rings. The highest BCUT2D eigenvalue weighted by atomic mass is 16.5. The summed E-state index contributed by atoms with van der Waals surface area (Å²) in [6.07, 6.45) is 3.32. The number of rotatable bonds is 3. The van der Waals surface area contributed by atoms with Crippen LogP contribution in [0.4, 0.5) is 5.95 Å². The predicted molar refractivity (Wildman–Crippen MR) is 100 cm³/mol. The van der Waals surface area contributed by atoms with Gasteiger partial charge in [-0.2, -0.15) is 9.90 Å². The summed E-state index contributed by atoms with van der Waals surface area (Å²) < 4.78 is 5.38. The summed E-state index contributed by atoms with van der Waals surface area (Å²) in [5, 5.41) is 8.55. The third-order valence-electron chi connectivity index (χ3n) is 4.92. The standard InChI is InChI=1S/C19H19N7O2/c27-18(16-11-21-26(23-16)15-4-2-1-3-5-15)25-12-14-10-20-19(22-17(14)13-25)24-6-8-28-9-7-24/h1-5,10-11H,6-9,12-13H2. The Morgan fingerprint density at radius 2 is 1.86 bits per heavy atom. The van der Waals surface area contributed by atoms with E-state index in [1.807, 2.05) is 36.5 Å². The number of morpholine rings is 1. The molecule has 2 aliphatic heterocycles. The van der Waals surface area contributed by atoms with Gasteiger partial charge >= 0.3 is 0 Å². The zero-order valence-corrected chi connectivity index (χ0v) is 15.2. The molecular weight excluding hydrogens is 358 g/mol. The lowest BCUT2D eigenvalue weighted by Crippen LogP contribution is -2.37. The second-order valence-corrected chi connectivity index (χ2v) is 6.76. The lowest BCUT2D eigenvalue weighted by molar-refractivity contribution is 0.0744. The molecule has 0 atom stereocenters. The minimum atomic E-state index is -0.159. The van der Waals surface area contributed by atoms with E-state index in [9.17, 15) is 4.79 Å². The molecule has 0 spiro atoms. The fraction of sp³-hybridized carbons (Fsp3) is 0.316. The predicted octanol–water partition coefficient (Wildman–Crippen LogP) is 1.05. The van der Waals surface area contributed by atoms with E-state index in [1.165, 1.54) is 11.0 Å². The summed E-state index contributed by atoms with van der Waals surface area (Å²) in [6, 6.07) is 9.52. The molecule has 5 rings (SSSR count). The first kappa shape index (κ1) is 16.8. The number of hydrogen-bond acceptors (Lipinski definition) is 7. The molecule has 3 aromatic rings. The van der Waals surface area contributed by atoms with Gasteiger partial charge < -0.3 is 14.5 Å². The number of hydrogen-bond donors (Lipinski definition) is 0. The van der Waals surface area contributed by atoms with E-state index in [2.05, 4.69) is 25.1 Å². The maximum atomic E-state index is 12.9. The van der Waals surface area contributed by atoms with Gasteiger partial charge in [-0.05, 0) is 12.1 Å². The number of carbonyl (C=O) groups excluding carboxylic acids is 1. The van der Waals surface area contributed by atoms with Crippen molar-refractivity contribution in [1.29, 1.82) is 0 Å². The summed E-state index contributed by atoms with van der Waals surface area (Å²) in [5.41, 5.74) is 2.99. The zero-order valence-electron chi connectivity index (χ0n) is 15.2. The summed E-state index contributed by atoms with van der Waals surface area (Å²) in [6.45, 7) is 3.86. The van der Waals surface area contributed by atoms with Gasteiger partial charge in [0.05, 0.1) is 37.3 Å². The second-order valence-electron chi connectivity index (χ2n) is 6.76. The molecule has 28 heavy (non-hydrogen) atoms. The van der Waals surface area contributed by atoms with Gasteiger partial charge in [-0.3, -0.25) is 4.79 Å². The molecular formula is C19H19N7O2. The molecule has 2 aromatic heterocycles. The van der Waals surface area contributed by atoms with Crippen molar-refractivity contribution in [3.8, 4) is 5.69 Å². The topological polar surface area (TPSA) is 89.3 Å². The quantitative estimate of drug-likeness (QED) is 0.674. The average Bonchev–Trinajstić information content (AvgIpc) is 3.41. The number of nitrogens with zero attached hydrogens (tertiary/aromatic N) is 7. The van der Waals surface area contributed by atoms with E-state index in [0.29, 0.717) is 37.9 Å². The van der Waals surface area contributed by atoms with Crippen LogP contribution in [-0.2, 0) is 17.8 Å². The second kappa shape index (κ2) is 7.01. The smallest absolute Gasteiger partial charge is 0.276 e. The third kappa shape index (κ3) is 3.09. The van der Waals surface area contributed by atoms with Crippen molar-refractivity contribution < 1.29 is 9.53 Å². The minimum absolute atomic E-state index is 0.159. The van der Waals surface area contributed by atoms with Crippen molar-refractivity contribution in [1.82, 2.24) is 29.9 Å². The van der Waals surface area contributed by atoms with E-state index >= 15 is 0 Å². The van der Waals surface area contributed by atoms with Gasteiger partial charge in [-0.25, -0.2) is 9.97 Å². The molecule has 142 valence electrons. The van der Waals surface area contributed by atoms with Crippen LogP contribution in [-0.4, -0.2) is 62.1 Å². The van der Waals surface area contributed by atoms with Gasteiger partial charge in [0, 0.05) is 31.4 Å². The van der Waals surface area contributed by atoms with Gasteiger partial charge in [0.1, 0.15) is 0 Å². The van der Waals surface area contributed by atoms with Crippen molar-refractivity contribution in [2.45, 2.75) is 13.1 Å². The summed E-state index contributed by atoms with van der Waals surface area (Å²) in [4.78, 5) is 27.3. The fourth-order valence-corrected chi connectivity index (χ4v) is 3.41. The van der Waals surface area contributed by atoms with Crippen molar-refractivity contribution in [2.24, 2.45) is 0 Å². The number of para-hydroxylation sites is 1. The van der Waals surface area contributed by atoms with E-state index < -0.39 is 0 Å². The van der Waals surface area contributed by atoms with Crippen LogP contribution in [0.2, 0.25) is 0 Å². The number of anilines is 1. The zero-order chi connectivity index (χ0) is 18.9. The highest BCUT2D eigenvalue weighted by Gasteiger charge is 2.28. The third-order valence-corrected chi connectivity index (χ3v) is 4.92. The lowest BCUT2D eigenvalue weighted by Gasteiger charge is -2.26. The van der Waals surface area contributed by atoms with Crippen LogP contribution in [0.15, 0.2) is 42.7 Å². The molecule has 1 amide bonds. The highest BCUT2D eigenvalue weighted by Crippen LogP contribution is 2.24. The van der Waals surface area contributed by atoms with Gasteiger partial charge in [0.15, 0.2) is 5.69 Å². The molecule has 1 fully saturated rings. The Labute approximate surface area is 161 Å². The van der Waals surface area contributed by atoms with Crippen LogP contribution >= 0.6 is 0 Å². The van der Waals surface area contributed by atoms with Crippen LogP contribution in [0.3, 0.4) is 0 Å². The van der Waals surface area contributed by atoms with Crippen LogP contribution in [0, 0.1) is 0 Å².